The standard InChI is InChI=1S/C22H24N6O2/c1-13-6-8-17(14(2)10-13)24-20-16-12-23-28(3)21(16)27-22(26-20)25-18-9-7-15(29-4)11-19(18)30-5/h6-12H,1-5H3,(H2,24,25,26,27). The third-order valence-electron chi connectivity index (χ3n) is 4.88. The first kappa shape index (κ1) is 19.5. The first-order valence-corrected chi connectivity index (χ1v) is 9.51. The molecule has 2 aromatic heterocycles. The topological polar surface area (TPSA) is 86.1 Å². The average molecular weight is 404 g/mol. The van der Waals surface area contributed by atoms with Crippen LogP contribution in [0.15, 0.2) is 42.6 Å². The summed E-state index contributed by atoms with van der Waals surface area (Å²) in [5.74, 6) is 2.45. The number of ether oxygens (including phenoxy) is 2. The summed E-state index contributed by atoms with van der Waals surface area (Å²) in [6.45, 7) is 4.14. The Balaban J connectivity index is 1.75. The Hall–Kier alpha value is -3.81. The highest BCUT2D eigenvalue weighted by Crippen LogP contribution is 2.32. The van der Waals surface area contributed by atoms with E-state index in [1.54, 1.807) is 31.2 Å². The molecule has 4 rings (SSSR count). The number of nitrogens with one attached hydrogen (secondary N) is 2. The Kier molecular flexibility index (Phi) is 5.14. The van der Waals surface area contributed by atoms with Gasteiger partial charge in [0.15, 0.2) is 5.65 Å². The third kappa shape index (κ3) is 3.71. The lowest BCUT2D eigenvalue weighted by atomic mass is 10.1. The van der Waals surface area contributed by atoms with E-state index in [9.17, 15) is 0 Å². The van der Waals surface area contributed by atoms with Crippen molar-refractivity contribution in [2.45, 2.75) is 13.8 Å². The van der Waals surface area contributed by atoms with E-state index in [4.69, 9.17) is 14.5 Å². The second kappa shape index (κ2) is 7.90. The zero-order valence-corrected chi connectivity index (χ0v) is 17.6. The molecular formula is C22H24N6O2. The van der Waals surface area contributed by atoms with E-state index >= 15 is 0 Å². The van der Waals surface area contributed by atoms with Gasteiger partial charge in [0.05, 0.1) is 31.5 Å². The summed E-state index contributed by atoms with van der Waals surface area (Å²) >= 11 is 0. The van der Waals surface area contributed by atoms with Gasteiger partial charge in [0.2, 0.25) is 5.95 Å². The quantitative estimate of drug-likeness (QED) is 0.490. The Morgan fingerprint density at radius 1 is 0.900 bits per heavy atom. The Bertz CT molecular complexity index is 1220. The lowest BCUT2D eigenvalue weighted by Crippen LogP contribution is -2.05. The summed E-state index contributed by atoms with van der Waals surface area (Å²) < 4.78 is 12.5. The smallest absolute Gasteiger partial charge is 0.231 e. The summed E-state index contributed by atoms with van der Waals surface area (Å²) in [6, 6.07) is 11.8. The van der Waals surface area contributed by atoms with Crippen LogP contribution in [-0.2, 0) is 7.05 Å². The number of nitrogens with zero attached hydrogens (tertiary/aromatic N) is 4. The molecule has 0 saturated carbocycles. The van der Waals surface area contributed by atoms with E-state index in [0.29, 0.717) is 28.9 Å². The predicted molar refractivity (Wildman–Crippen MR) is 118 cm³/mol. The SMILES string of the molecule is COc1ccc(Nc2nc(Nc3ccc(C)cc3C)c3cnn(C)c3n2)c(OC)c1. The van der Waals surface area contributed by atoms with Gasteiger partial charge in [-0.25, -0.2) is 0 Å². The van der Waals surface area contributed by atoms with Crippen molar-refractivity contribution in [1.82, 2.24) is 19.7 Å². The molecule has 0 fully saturated rings. The molecule has 0 aliphatic rings. The number of hydrogen-bond donors (Lipinski definition) is 2. The summed E-state index contributed by atoms with van der Waals surface area (Å²) in [4.78, 5) is 9.35. The molecule has 8 heteroatoms. The second-order valence-corrected chi connectivity index (χ2v) is 7.04. The molecule has 0 aliphatic carbocycles. The molecule has 0 bridgehead atoms. The zero-order valence-electron chi connectivity index (χ0n) is 17.6. The second-order valence-electron chi connectivity index (χ2n) is 7.04. The van der Waals surface area contributed by atoms with Gasteiger partial charge in [-0.05, 0) is 37.6 Å². The van der Waals surface area contributed by atoms with Crippen LogP contribution in [0.4, 0.5) is 23.1 Å². The minimum absolute atomic E-state index is 0.432. The van der Waals surface area contributed by atoms with E-state index < -0.39 is 0 Å². The Labute approximate surface area is 174 Å². The van der Waals surface area contributed by atoms with Crippen LogP contribution in [0.5, 0.6) is 11.5 Å². The van der Waals surface area contributed by atoms with Crippen molar-refractivity contribution in [3.8, 4) is 11.5 Å². The van der Waals surface area contributed by atoms with Crippen molar-refractivity contribution in [2.75, 3.05) is 24.9 Å². The molecule has 0 radical (unpaired) electrons. The number of benzene rings is 2. The maximum Gasteiger partial charge on any atom is 0.231 e. The van der Waals surface area contributed by atoms with Gasteiger partial charge in [0.25, 0.3) is 0 Å². The van der Waals surface area contributed by atoms with Crippen LogP contribution in [0.2, 0.25) is 0 Å². The Morgan fingerprint density at radius 2 is 1.70 bits per heavy atom. The fraction of sp³-hybridized carbons (Fsp3) is 0.227. The normalized spacial score (nSPS) is 10.8. The number of aryl methyl sites for hydroxylation is 3. The summed E-state index contributed by atoms with van der Waals surface area (Å²) in [5, 5.41) is 11.9. The van der Waals surface area contributed by atoms with Crippen LogP contribution in [0.25, 0.3) is 11.0 Å². The Morgan fingerprint density at radius 3 is 2.43 bits per heavy atom. The van der Waals surface area contributed by atoms with E-state index in [-0.39, 0.29) is 0 Å². The minimum atomic E-state index is 0.432. The number of rotatable bonds is 6. The predicted octanol–water partition coefficient (Wildman–Crippen LogP) is 4.48. The third-order valence-corrected chi connectivity index (χ3v) is 4.88. The summed E-state index contributed by atoms with van der Waals surface area (Å²) in [5.41, 5.74) is 4.78. The average Bonchev–Trinajstić information content (AvgIpc) is 3.11. The lowest BCUT2D eigenvalue weighted by Gasteiger charge is -2.14. The summed E-state index contributed by atoms with van der Waals surface area (Å²) in [7, 11) is 5.08. The number of fused-ring (bicyclic) bond motifs is 1. The van der Waals surface area contributed by atoms with Gasteiger partial charge in [-0.1, -0.05) is 17.7 Å². The van der Waals surface area contributed by atoms with Gasteiger partial charge < -0.3 is 20.1 Å². The van der Waals surface area contributed by atoms with Crippen LogP contribution in [0, 0.1) is 13.8 Å². The molecule has 0 atom stereocenters. The van der Waals surface area contributed by atoms with Crippen molar-refractivity contribution < 1.29 is 9.47 Å². The van der Waals surface area contributed by atoms with Crippen LogP contribution in [0.3, 0.4) is 0 Å². The van der Waals surface area contributed by atoms with E-state index in [1.807, 2.05) is 19.2 Å². The highest BCUT2D eigenvalue weighted by atomic mass is 16.5. The highest BCUT2D eigenvalue weighted by Gasteiger charge is 2.14. The monoisotopic (exact) mass is 404 g/mol. The molecule has 2 heterocycles. The van der Waals surface area contributed by atoms with Crippen molar-refractivity contribution in [2.24, 2.45) is 7.05 Å². The van der Waals surface area contributed by atoms with Crippen molar-refractivity contribution >= 4 is 34.2 Å². The van der Waals surface area contributed by atoms with Gasteiger partial charge in [-0.3, -0.25) is 4.68 Å². The van der Waals surface area contributed by atoms with Crippen LogP contribution < -0.4 is 20.1 Å². The van der Waals surface area contributed by atoms with Crippen molar-refractivity contribution in [3.63, 3.8) is 0 Å². The van der Waals surface area contributed by atoms with E-state index in [0.717, 1.165) is 22.3 Å². The molecule has 0 unspecified atom stereocenters. The minimum Gasteiger partial charge on any atom is -0.497 e. The highest BCUT2D eigenvalue weighted by molar-refractivity contribution is 5.90. The first-order chi connectivity index (χ1) is 14.5. The molecule has 30 heavy (non-hydrogen) atoms. The van der Waals surface area contributed by atoms with Crippen molar-refractivity contribution in [1.29, 1.82) is 0 Å². The van der Waals surface area contributed by atoms with E-state index in [2.05, 4.69) is 52.8 Å². The van der Waals surface area contributed by atoms with Gasteiger partial charge in [0.1, 0.15) is 17.3 Å². The molecule has 2 aromatic carbocycles. The molecule has 0 saturated heterocycles. The van der Waals surface area contributed by atoms with Crippen LogP contribution in [-0.4, -0.2) is 34.0 Å². The molecule has 4 aromatic rings. The van der Waals surface area contributed by atoms with Gasteiger partial charge in [0, 0.05) is 18.8 Å². The fourth-order valence-corrected chi connectivity index (χ4v) is 3.28. The number of methoxy groups -OCH3 is 2. The molecular weight excluding hydrogens is 380 g/mol. The molecule has 154 valence electrons. The molecule has 0 amide bonds. The van der Waals surface area contributed by atoms with Crippen molar-refractivity contribution in [3.05, 3.63) is 53.7 Å². The largest absolute Gasteiger partial charge is 0.497 e. The molecule has 0 spiro atoms. The maximum atomic E-state index is 5.48. The fourth-order valence-electron chi connectivity index (χ4n) is 3.28. The molecule has 2 N–H and O–H groups in total. The first-order valence-electron chi connectivity index (χ1n) is 9.51. The van der Waals surface area contributed by atoms with Gasteiger partial charge >= 0.3 is 0 Å². The van der Waals surface area contributed by atoms with Gasteiger partial charge in [-0.15, -0.1) is 0 Å². The summed E-state index contributed by atoms with van der Waals surface area (Å²) in [6.07, 6.45) is 1.76. The van der Waals surface area contributed by atoms with Crippen LogP contribution in [0.1, 0.15) is 11.1 Å². The zero-order chi connectivity index (χ0) is 21.3. The molecule has 8 nitrogen and oxygen atoms in total. The number of aromatic nitrogens is 4. The van der Waals surface area contributed by atoms with Crippen LogP contribution >= 0.6 is 0 Å². The van der Waals surface area contributed by atoms with E-state index in [1.165, 1.54) is 5.56 Å². The number of hydrogen-bond acceptors (Lipinski definition) is 7. The number of anilines is 4. The lowest BCUT2D eigenvalue weighted by molar-refractivity contribution is 0.395. The molecule has 0 aliphatic heterocycles. The van der Waals surface area contributed by atoms with Gasteiger partial charge in [-0.2, -0.15) is 15.1 Å². The maximum absolute atomic E-state index is 5.48.